The maximum Gasteiger partial charge on any atom is 0.241 e. The first-order valence-electron chi connectivity index (χ1n) is 10.1. The van der Waals surface area contributed by atoms with E-state index in [9.17, 15) is 9.59 Å². The Morgan fingerprint density at radius 2 is 1.38 bits per heavy atom. The van der Waals surface area contributed by atoms with Gasteiger partial charge in [-0.25, -0.2) is 0 Å². The summed E-state index contributed by atoms with van der Waals surface area (Å²) in [6.07, 6.45) is 0. The molecule has 2 amide bonds. The Bertz CT molecular complexity index is 869. The van der Waals surface area contributed by atoms with Crippen molar-refractivity contribution in [3.05, 3.63) is 58.7 Å². The predicted molar refractivity (Wildman–Crippen MR) is 121 cm³/mol. The summed E-state index contributed by atoms with van der Waals surface area (Å²) in [6.45, 7) is 12.1. The maximum atomic E-state index is 12.8. The highest BCUT2D eigenvalue weighted by Gasteiger charge is 2.22. The van der Waals surface area contributed by atoms with Crippen LogP contribution in [0.3, 0.4) is 0 Å². The topological polar surface area (TPSA) is 61.4 Å². The number of carbonyl (C=O) groups is 2. The van der Waals surface area contributed by atoms with E-state index in [0.29, 0.717) is 5.92 Å². The fraction of sp³-hybridized carbons (Fsp3) is 0.417. The molecule has 2 rings (SSSR count). The molecule has 0 aliphatic rings. The van der Waals surface area contributed by atoms with Gasteiger partial charge in [0, 0.05) is 11.4 Å². The molecule has 0 aliphatic carbocycles. The van der Waals surface area contributed by atoms with Crippen LogP contribution in [0.25, 0.3) is 0 Å². The van der Waals surface area contributed by atoms with Crippen LogP contribution in [0.5, 0.6) is 0 Å². The van der Waals surface area contributed by atoms with Gasteiger partial charge in [0.1, 0.15) is 0 Å². The lowest BCUT2D eigenvalue weighted by Gasteiger charge is -2.25. The fourth-order valence-corrected chi connectivity index (χ4v) is 3.32. The molecule has 0 aliphatic heterocycles. The number of carbonyl (C=O) groups excluding carboxylic acids is 2. The highest BCUT2D eigenvalue weighted by atomic mass is 16.2. The third-order valence-electron chi connectivity index (χ3n) is 5.35. The van der Waals surface area contributed by atoms with Gasteiger partial charge < -0.3 is 10.6 Å². The molecule has 5 heteroatoms. The van der Waals surface area contributed by atoms with Crippen LogP contribution in [0.4, 0.5) is 11.4 Å². The smallest absolute Gasteiger partial charge is 0.241 e. The van der Waals surface area contributed by atoms with Gasteiger partial charge in [-0.05, 0) is 62.9 Å². The molecule has 0 radical (unpaired) electrons. The van der Waals surface area contributed by atoms with Gasteiger partial charge in [0.2, 0.25) is 11.8 Å². The number of rotatable bonds is 7. The number of nitrogens with zero attached hydrogens (tertiary/aromatic N) is 1. The number of para-hydroxylation sites is 2. The zero-order valence-corrected chi connectivity index (χ0v) is 18.6. The fourth-order valence-electron chi connectivity index (χ4n) is 3.32. The molecule has 2 aromatic rings. The van der Waals surface area contributed by atoms with Crippen LogP contribution in [-0.4, -0.2) is 36.3 Å². The Morgan fingerprint density at radius 3 is 1.93 bits per heavy atom. The zero-order valence-electron chi connectivity index (χ0n) is 18.6. The number of hydrogen-bond donors (Lipinski definition) is 2. The Balaban J connectivity index is 2.04. The highest BCUT2D eigenvalue weighted by molar-refractivity contribution is 5.97. The van der Waals surface area contributed by atoms with Crippen LogP contribution in [-0.2, 0) is 9.59 Å². The molecule has 1 atom stereocenters. The molecule has 0 fully saturated rings. The van der Waals surface area contributed by atoms with Crippen molar-refractivity contribution in [2.45, 2.75) is 53.5 Å². The molecule has 5 nitrogen and oxygen atoms in total. The van der Waals surface area contributed by atoms with Crippen LogP contribution in [0.2, 0.25) is 0 Å². The van der Waals surface area contributed by atoms with Crippen molar-refractivity contribution >= 4 is 23.2 Å². The monoisotopic (exact) mass is 395 g/mol. The summed E-state index contributed by atoms with van der Waals surface area (Å²) in [5.74, 6) is 0.0493. The van der Waals surface area contributed by atoms with Gasteiger partial charge >= 0.3 is 0 Å². The minimum Gasteiger partial charge on any atom is -0.324 e. The summed E-state index contributed by atoms with van der Waals surface area (Å²) in [4.78, 5) is 27.1. The third kappa shape index (κ3) is 5.67. The van der Waals surface area contributed by atoms with E-state index in [2.05, 4.69) is 24.5 Å². The summed E-state index contributed by atoms with van der Waals surface area (Å²) in [5, 5.41) is 6.04. The lowest BCUT2D eigenvalue weighted by atomic mass is 9.98. The molecular formula is C24H33N3O2. The van der Waals surface area contributed by atoms with Gasteiger partial charge in [-0.15, -0.1) is 0 Å². The van der Waals surface area contributed by atoms with E-state index >= 15 is 0 Å². The lowest BCUT2D eigenvalue weighted by molar-refractivity contribution is -0.122. The minimum atomic E-state index is -0.446. The standard InChI is InChI=1S/C24H33N3O2/c1-15(2)20-13-9-12-18(5)23(20)26-24(29)19(6)27(7)14-21(28)25-22-16(3)10-8-11-17(22)4/h8-13,15,19H,14H2,1-7H3,(H,25,28)(H,26,29)/t19-/m0/s1. The Kier molecular flexibility index (Phi) is 7.57. The van der Waals surface area contributed by atoms with Crippen molar-refractivity contribution in [1.29, 1.82) is 0 Å². The molecule has 0 unspecified atom stereocenters. The van der Waals surface area contributed by atoms with E-state index < -0.39 is 6.04 Å². The van der Waals surface area contributed by atoms with Gasteiger partial charge in [0.15, 0.2) is 0 Å². The maximum absolute atomic E-state index is 12.8. The van der Waals surface area contributed by atoms with Gasteiger partial charge in [0.05, 0.1) is 12.6 Å². The Morgan fingerprint density at radius 1 is 0.862 bits per heavy atom. The molecule has 0 aromatic heterocycles. The molecule has 0 saturated carbocycles. The largest absolute Gasteiger partial charge is 0.324 e. The minimum absolute atomic E-state index is 0.122. The van der Waals surface area contributed by atoms with Gasteiger partial charge in [-0.1, -0.05) is 50.2 Å². The summed E-state index contributed by atoms with van der Waals surface area (Å²) in [7, 11) is 1.79. The summed E-state index contributed by atoms with van der Waals surface area (Å²) >= 11 is 0. The quantitative estimate of drug-likeness (QED) is 0.718. The number of likely N-dealkylation sites (N-methyl/N-ethyl adjacent to an activating group) is 1. The number of aryl methyl sites for hydroxylation is 3. The van der Waals surface area contributed by atoms with Crippen molar-refractivity contribution in [1.82, 2.24) is 4.90 Å². The van der Waals surface area contributed by atoms with Gasteiger partial charge in [-0.2, -0.15) is 0 Å². The van der Waals surface area contributed by atoms with E-state index in [0.717, 1.165) is 33.6 Å². The van der Waals surface area contributed by atoms with E-state index in [4.69, 9.17) is 0 Å². The number of benzene rings is 2. The third-order valence-corrected chi connectivity index (χ3v) is 5.35. The van der Waals surface area contributed by atoms with Crippen molar-refractivity contribution < 1.29 is 9.59 Å². The first-order chi connectivity index (χ1) is 13.6. The summed E-state index contributed by atoms with van der Waals surface area (Å²) in [5.41, 5.74) is 5.89. The molecule has 156 valence electrons. The first kappa shape index (κ1) is 22.6. The van der Waals surface area contributed by atoms with Gasteiger partial charge in [0.25, 0.3) is 0 Å². The first-order valence-corrected chi connectivity index (χ1v) is 10.1. The molecule has 0 heterocycles. The second kappa shape index (κ2) is 9.70. The lowest BCUT2D eigenvalue weighted by Crippen LogP contribution is -2.43. The molecule has 0 saturated heterocycles. The van der Waals surface area contributed by atoms with E-state index in [1.54, 1.807) is 11.9 Å². The number of amides is 2. The predicted octanol–water partition coefficient (Wildman–Crippen LogP) is 4.63. The van der Waals surface area contributed by atoms with Crippen LogP contribution >= 0.6 is 0 Å². The Hall–Kier alpha value is -2.66. The molecule has 2 N–H and O–H groups in total. The van der Waals surface area contributed by atoms with E-state index in [-0.39, 0.29) is 18.4 Å². The molecule has 29 heavy (non-hydrogen) atoms. The van der Waals surface area contributed by atoms with Crippen LogP contribution in [0.15, 0.2) is 36.4 Å². The normalized spacial score (nSPS) is 12.2. The van der Waals surface area contributed by atoms with Crippen LogP contribution < -0.4 is 10.6 Å². The van der Waals surface area contributed by atoms with Gasteiger partial charge in [-0.3, -0.25) is 14.5 Å². The summed E-state index contributed by atoms with van der Waals surface area (Å²) < 4.78 is 0. The van der Waals surface area contributed by atoms with Crippen molar-refractivity contribution in [2.75, 3.05) is 24.2 Å². The average molecular weight is 396 g/mol. The molecule has 2 aromatic carbocycles. The molecular weight excluding hydrogens is 362 g/mol. The summed E-state index contributed by atoms with van der Waals surface area (Å²) in [6, 6.07) is 11.5. The molecule has 0 spiro atoms. The second-order valence-corrected chi connectivity index (χ2v) is 8.09. The average Bonchev–Trinajstić information content (AvgIpc) is 2.65. The van der Waals surface area contributed by atoms with Crippen LogP contribution in [0.1, 0.15) is 48.9 Å². The Labute approximate surface area is 174 Å². The van der Waals surface area contributed by atoms with Crippen molar-refractivity contribution in [3.63, 3.8) is 0 Å². The SMILES string of the molecule is Cc1cccc(C)c1NC(=O)CN(C)[C@@H](C)C(=O)Nc1c(C)cccc1C(C)C. The highest BCUT2D eigenvalue weighted by Crippen LogP contribution is 2.27. The second-order valence-electron chi connectivity index (χ2n) is 8.09. The number of nitrogens with one attached hydrogen (secondary N) is 2. The number of hydrogen-bond acceptors (Lipinski definition) is 3. The number of anilines is 2. The van der Waals surface area contributed by atoms with E-state index in [1.165, 1.54) is 0 Å². The van der Waals surface area contributed by atoms with Crippen LogP contribution in [0, 0.1) is 20.8 Å². The van der Waals surface area contributed by atoms with Crippen molar-refractivity contribution in [3.8, 4) is 0 Å². The molecule has 0 bridgehead atoms. The van der Waals surface area contributed by atoms with E-state index in [1.807, 2.05) is 64.1 Å². The van der Waals surface area contributed by atoms with Crippen molar-refractivity contribution in [2.24, 2.45) is 0 Å². The zero-order chi connectivity index (χ0) is 21.7.